The van der Waals surface area contributed by atoms with Crippen LogP contribution in [0.15, 0.2) is 27.8 Å². The Morgan fingerprint density at radius 1 is 1.27 bits per heavy atom. The first kappa shape index (κ1) is 24.2. The summed E-state index contributed by atoms with van der Waals surface area (Å²) in [6.07, 6.45) is 1.21. The minimum atomic E-state index is -1.02. The molecule has 10 nitrogen and oxygen atoms in total. The van der Waals surface area contributed by atoms with Gasteiger partial charge < -0.3 is 15.4 Å². The molecule has 1 saturated carbocycles. The van der Waals surface area contributed by atoms with Crippen LogP contribution in [0.3, 0.4) is 0 Å². The fourth-order valence-electron chi connectivity index (χ4n) is 4.41. The fraction of sp³-hybridized carbons (Fsp3) is 0.455. The third kappa shape index (κ3) is 4.99. The molecule has 11 heteroatoms. The zero-order valence-corrected chi connectivity index (χ0v) is 19.8. The highest BCUT2D eigenvalue weighted by atomic mass is 79.9. The second-order valence-corrected chi connectivity index (χ2v) is 9.17. The highest BCUT2D eigenvalue weighted by Crippen LogP contribution is 2.47. The lowest BCUT2D eigenvalue weighted by Crippen LogP contribution is -2.54. The molecule has 33 heavy (non-hydrogen) atoms. The Hall–Kier alpha value is -3.44. The molecule has 1 heterocycles. The number of benzene rings is 1. The molecule has 3 rings (SSSR count). The molecule has 3 N–H and O–H groups in total. The Kier molecular flexibility index (Phi) is 7.04. The monoisotopic (exact) mass is 514 g/mol. The van der Waals surface area contributed by atoms with Crippen LogP contribution in [0.2, 0.25) is 0 Å². The molecular weight excluding hydrogens is 492 g/mol. The largest absolute Gasteiger partial charge is 0.435 e. The van der Waals surface area contributed by atoms with Gasteiger partial charge in [0, 0.05) is 23.1 Å². The van der Waals surface area contributed by atoms with E-state index in [0.29, 0.717) is 53.4 Å². The van der Waals surface area contributed by atoms with Crippen molar-refractivity contribution in [1.82, 2.24) is 16.1 Å². The van der Waals surface area contributed by atoms with Gasteiger partial charge in [0.1, 0.15) is 5.71 Å². The minimum Gasteiger partial charge on any atom is -0.435 e. The van der Waals surface area contributed by atoms with Gasteiger partial charge in [0.25, 0.3) is 0 Å². The summed E-state index contributed by atoms with van der Waals surface area (Å²) in [4.78, 5) is 35.4. The number of likely N-dealkylation sites (N-methyl/N-ethyl adjacent to an activating group) is 1. The number of nitriles is 2. The number of carbonyl (C=O) groups excluding carboxylic acids is 3. The number of amides is 3. The first-order chi connectivity index (χ1) is 15.7. The van der Waals surface area contributed by atoms with E-state index in [4.69, 9.17) is 10.00 Å². The van der Waals surface area contributed by atoms with Crippen LogP contribution >= 0.6 is 15.9 Å². The topological polar surface area (TPSA) is 156 Å². The van der Waals surface area contributed by atoms with Gasteiger partial charge in [-0.3, -0.25) is 9.59 Å². The van der Waals surface area contributed by atoms with Crippen molar-refractivity contribution in [3.05, 3.63) is 33.8 Å². The maximum atomic E-state index is 12.1. The lowest BCUT2D eigenvalue weighted by Gasteiger charge is -2.45. The Balaban J connectivity index is 1.81. The lowest BCUT2D eigenvalue weighted by atomic mass is 9.65. The van der Waals surface area contributed by atoms with E-state index in [1.54, 1.807) is 25.1 Å². The summed E-state index contributed by atoms with van der Waals surface area (Å²) in [7, 11) is 1.37. The van der Waals surface area contributed by atoms with Crippen LogP contribution in [-0.2, 0) is 14.3 Å². The molecule has 3 amide bonds. The maximum Gasteiger partial charge on any atom is 0.428 e. The smallest absolute Gasteiger partial charge is 0.428 e. The van der Waals surface area contributed by atoms with Gasteiger partial charge >= 0.3 is 17.9 Å². The van der Waals surface area contributed by atoms with Crippen LogP contribution in [0.5, 0.6) is 0 Å². The van der Waals surface area contributed by atoms with E-state index in [2.05, 4.69) is 49.2 Å². The Bertz CT molecular complexity index is 1100. The summed E-state index contributed by atoms with van der Waals surface area (Å²) in [5.74, 6) is -1.50. The molecule has 0 unspecified atom stereocenters. The first-order valence-electron chi connectivity index (χ1n) is 10.4. The molecule has 0 radical (unpaired) electrons. The second kappa shape index (κ2) is 9.59. The highest BCUT2D eigenvalue weighted by Gasteiger charge is 2.51. The number of ether oxygens (including phenoxy) is 1. The molecule has 0 saturated heterocycles. The Morgan fingerprint density at radius 3 is 2.55 bits per heavy atom. The summed E-state index contributed by atoms with van der Waals surface area (Å²) >= 11 is 3.47. The van der Waals surface area contributed by atoms with Gasteiger partial charge in [-0.2, -0.15) is 15.6 Å². The average molecular weight is 515 g/mol. The van der Waals surface area contributed by atoms with Gasteiger partial charge in [0.05, 0.1) is 23.1 Å². The number of nitrogens with one attached hydrogen (secondary N) is 3. The van der Waals surface area contributed by atoms with Crippen molar-refractivity contribution in [3.63, 3.8) is 0 Å². The van der Waals surface area contributed by atoms with E-state index >= 15 is 0 Å². The van der Waals surface area contributed by atoms with E-state index in [0.717, 1.165) is 0 Å². The molecule has 0 aromatic heterocycles. The Labute approximate surface area is 199 Å². The van der Waals surface area contributed by atoms with E-state index < -0.39 is 35.0 Å². The van der Waals surface area contributed by atoms with Crippen LogP contribution in [-0.4, -0.2) is 42.3 Å². The molecule has 2 aliphatic rings. The predicted octanol–water partition coefficient (Wildman–Crippen LogP) is 2.23. The second-order valence-electron chi connectivity index (χ2n) is 8.31. The molecule has 1 atom stereocenters. The molecule has 1 aromatic carbocycles. The fourth-order valence-corrected chi connectivity index (χ4v) is 4.97. The number of hydrogen-bond acceptors (Lipinski definition) is 7. The average Bonchev–Trinajstić information content (AvgIpc) is 2.80. The van der Waals surface area contributed by atoms with Gasteiger partial charge in [0.2, 0.25) is 0 Å². The molecular formula is C22H23BrN6O4. The normalized spacial score (nSPS) is 24.9. The van der Waals surface area contributed by atoms with Gasteiger partial charge in [-0.1, -0.05) is 22.0 Å². The lowest BCUT2D eigenvalue weighted by molar-refractivity contribution is -0.139. The standard InChI is InChI=1S/C22H23BrN6O4/c1-13(27-19(31)18(30)26-2)10-21(12-25)5-7-22(8-6-21)17(28-29-20(32)33-22)15-4-3-14(11-24)9-16(15)23/h3-4,9,13H,5-8,10H2,1-2H3,(H,26,30)(H,27,31)(H,29,32)/t13-,21?,22?/m0/s1. The van der Waals surface area contributed by atoms with E-state index in [9.17, 15) is 19.6 Å². The highest BCUT2D eigenvalue weighted by molar-refractivity contribution is 9.10. The molecule has 1 spiro atoms. The van der Waals surface area contributed by atoms with E-state index in [-0.39, 0.29) is 0 Å². The zero-order chi connectivity index (χ0) is 24.2. The van der Waals surface area contributed by atoms with Gasteiger partial charge in [-0.05, 0) is 51.2 Å². The van der Waals surface area contributed by atoms with Crippen molar-refractivity contribution in [2.45, 2.75) is 50.7 Å². The van der Waals surface area contributed by atoms with Crippen LogP contribution in [0, 0.1) is 28.1 Å². The summed E-state index contributed by atoms with van der Waals surface area (Å²) < 4.78 is 6.39. The third-order valence-corrected chi connectivity index (χ3v) is 6.75. The van der Waals surface area contributed by atoms with Crippen molar-refractivity contribution >= 4 is 39.5 Å². The van der Waals surface area contributed by atoms with Crippen molar-refractivity contribution in [3.8, 4) is 12.1 Å². The first-order valence-corrected chi connectivity index (χ1v) is 11.2. The summed E-state index contributed by atoms with van der Waals surface area (Å²) in [5, 5.41) is 28.3. The Morgan fingerprint density at radius 2 is 1.97 bits per heavy atom. The number of hydrogen-bond donors (Lipinski definition) is 3. The number of halogens is 1. The van der Waals surface area contributed by atoms with Crippen LogP contribution < -0.4 is 16.1 Å². The quantitative estimate of drug-likeness (QED) is 0.522. The number of nitrogens with zero attached hydrogens (tertiary/aromatic N) is 3. The molecule has 172 valence electrons. The van der Waals surface area contributed by atoms with E-state index in [1.165, 1.54) is 7.05 Å². The predicted molar refractivity (Wildman–Crippen MR) is 121 cm³/mol. The molecule has 0 bridgehead atoms. The van der Waals surface area contributed by atoms with Gasteiger partial charge in [-0.25, -0.2) is 10.2 Å². The van der Waals surface area contributed by atoms with Crippen LogP contribution in [0.25, 0.3) is 0 Å². The van der Waals surface area contributed by atoms with Crippen LogP contribution in [0.4, 0.5) is 4.79 Å². The number of hydrazone groups is 1. The molecule has 1 aromatic rings. The van der Waals surface area contributed by atoms with Crippen molar-refractivity contribution in [2.24, 2.45) is 10.5 Å². The summed E-state index contributed by atoms with van der Waals surface area (Å²) in [5.41, 5.74) is 2.25. The summed E-state index contributed by atoms with van der Waals surface area (Å²) in [6.45, 7) is 1.75. The van der Waals surface area contributed by atoms with Crippen molar-refractivity contribution in [1.29, 1.82) is 10.5 Å². The molecule has 1 aliphatic heterocycles. The van der Waals surface area contributed by atoms with Crippen molar-refractivity contribution in [2.75, 3.05) is 7.05 Å². The SMILES string of the molecule is CNC(=O)C(=O)N[C@@H](C)CC1(C#N)CCC2(CC1)OC(=O)NN=C2c1ccc(C#N)cc1Br. The maximum absolute atomic E-state index is 12.1. The van der Waals surface area contributed by atoms with Gasteiger partial charge in [-0.15, -0.1) is 0 Å². The molecule has 1 aliphatic carbocycles. The minimum absolute atomic E-state index is 0.349. The molecule has 1 fully saturated rings. The zero-order valence-electron chi connectivity index (χ0n) is 18.2. The number of rotatable bonds is 4. The van der Waals surface area contributed by atoms with E-state index in [1.807, 2.05) is 0 Å². The summed E-state index contributed by atoms with van der Waals surface area (Å²) in [6, 6.07) is 9.13. The number of carbonyl (C=O) groups is 3. The third-order valence-electron chi connectivity index (χ3n) is 6.09. The van der Waals surface area contributed by atoms with Crippen LogP contribution in [0.1, 0.15) is 50.2 Å². The van der Waals surface area contributed by atoms with Crippen molar-refractivity contribution < 1.29 is 19.1 Å². The van der Waals surface area contributed by atoms with Gasteiger partial charge in [0.15, 0.2) is 5.60 Å².